The summed E-state index contributed by atoms with van der Waals surface area (Å²) in [5, 5.41) is 23.3. The first-order valence-electron chi connectivity index (χ1n) is 28.3. The second-order valence-corrected chi connectivity index (χ2v) is 19.6. The molecule has 1 amide bonds. The van der Waals surface area contributed by atoms with Gasteiger partial charge >= 0.3 is 5.97 Å². The van der Waals surface area contributed by atoms with Gasteiger partial charge in [0, 0.05) is 12.8 Å². The second-order valence-electron chi connectivity index (χ2n) is 19.6. The number of aliphatic hydroxyl groups excluding tert-OH is 2. The van der Waals surface area contributed by atoms with E-state index < -0.39 is 12.1 Å². The van der Waals surface area contributed by atoms with Crippen molar-refractivity contribution in [3.63, 3.8) is 0 Å². The number of rotatable bonds is 53. The summed E-state index contributed by atoms with van der Waals surface area (Å²) in [5.74, 6) is -0.0524. The average Bonchev–Trinajstić information content (AvgIpc) is 3.27. The van der Waals surface area contributed by atoms with Crippen LogP contribution in [0.4, 0.5) is 0 Å². The van der Waals surface area contributed by atoms with Crippen molar-refractivity contribution in [1.82, 2.24) is 5.32 Å². The van der Waals surface area contributed by atoms with Gasteiger partial charge in [0.15, 0.2) is 0 Å². The van der Waals surface area contributed by atoms with Gasteiger partial charge < -0.3 is 20.3 Å². The maximum Gasteiger partial charge on any atom is 0.305 e. The minimum Gasteiger partial charge on any atom is -0.466 e. The van der Waals surface area contributed by atoms with Crippen LogP contribution in [0.15, 0.2) is 0 Å². The summed E-state index contributed by atoms with van der Waals surface area (Å²) in [5.41, 5.74) is 0. The maximum atomic E-state index is 12.5. The van der Waals surface area contributed by atoms with Gasteiger partial charge in [-0.2, -0.15) is 0 Å². The molecule has 0 spiro atoms. The Hall–Kier alpha value is -1.14. The Morgan fingerprint density at radius 1 is 0.387 bits per heavy atom. The fourth-order valence-electron chi connectivity index (χ4n) is 9.05. The predicted molar refractivity (Wildman–Crippen MR) is 269 cm³/mol. The number of hydrogen-bond donors (Lipinski definition) is 3. The zero-order valence-corrected chi connectivity index (χ0v) is 42.1. The van der Waals surface area contributed by atoms with E-state index in [2.05, 4.69) is 19.2 Å². The fourth-order valence-corrected chi connectivity index (χ4v) is 9.05. The van der Waals surface area contributed by atoms with Crippen molar-refractivity contribution >= 4 is 11.9 Å². The summed E-state index contributed by atoms with van der Waals surface area (Å²) in [6.07, 6.45) is 59.4. The van der Waals surface area contributed by atoms with Crippen LogP contribution in [-0.2, 0) is 14.3 Å². The summed E-state index contributed by atoms with van der Waals surface area (Å²) in [6, 6.07) is -0.552. The lowest BCUT2D eigenvalue weighted by atomic mass is 10.0. The van der Waals surface area contributed by atoms with Gasteiger partial charge in [-0.25, -0.2) is 0 Å². The van der Waals surface area contributed by atoms with E-state index in [0.29, 0.717) is 25.9 Å². The molecule has 0 saturated carbocycles. The highest BCUT2D eigenvalue weighted by atomic mass is 16.5. The van der Waals surface area contributed by atoms with Crippen LogP contribution in [0.25, 0.3) is 0 Å². The van der Waals surface area contributed by atoms with Gasteiger partial charge in [0.25, 0.3) is 0 Å². The lowest BCUT2D eigenvalue weighted by molar-refractivity contribution is -0.143. The molecule has 0 radical (unpaired) electrons. The van der Waals surface area contributed by atoms with E-state index in [1.807, 2.05) is 0 Å². The number of ether oxygens (including phenoxy) is 1. The van der Waals surface area contributed by atoms with Crippen LogP contribution in [0.3, 0.4) is 0 Å². The molecule has 0 aliphatic carbocycles. The zero-order chi connectivity index (χ0) is 45.1. The number of esters is 1. The van der Waals surface area contributed by atoms with E-state index in [1.54, 1.807) is 0 Å². The molecule has 6 heteroatoms. The van der Waals surface area contributed by atoms with E-state index >= 15 is 0 Å². The van der Waals surface area contributed by atoms with Crippen molar-refractivity contribution in [2.45, 2.75) is 334 Å². The minimum atomic E-state index is -0.673. The third-order valence-corrected chi connectivity index (χ3v) is 13.4. The Labute approximate surface area is 387 Å². The molecule has 0 aliphatic rings. The summed E-state index contributed by atoms with van der Waals surface area (Å²) < 4.78 is 5.47. The van der Waals surface area contributed by atoms with Crippen LogP contribution in [-0.4, -0.2) is 47.4 Å². The van der Waals surface area contributed by atoms with Crippen LogP contribution < -0.4 is 5.32 Å². The Morgan fingerprint density at radius 2 is 0.661 bits per heavy atom. The molecule has 0 rings (SSSR count). The number of carbonyl (C=O) groups excluding carboxylic acids is 2. The number of hydrogen-bond acceptors (Lipinski definition) is 5. The SMILES string of the molecule is CCCCCCCCCCCCCCCCCCCCCC(O)C(CO)NC(=O)CCCCCCCCCCCCCCOC(=O)CCCCCCCCCCCCCCCC. The Kier molecular flexibility index (Phi) is 51.5. The smallest absolute Gasteiger partial charge is 0.305 e. The van der Waals surface area contributed by atoms with Gasteiger partial charge in [-0.1, -0.05) is 284 Å². The summed E-state index contributed by atoms with van der Waals surface area (Å²) in [7, 11) is 0. The zero-order valence-electron chi connectivity index (χ0n) is 42.1. The van der Waals surface area contributed by atoms with E-state index in [-0.39, 0.29) is 18.5 Å². The third-order valence-electron chi connectivity index (χ3n) is 13.4. The van der Waals surface area contributed by atoms with Crippen LogP contribution in [0.5, 0.6) is 0 Å². The first-order valence-corrected chi connectivity index (χ1v) is 28.3. The lowest BCUT2D eigenvalue weighted by Gasteiger charge is -2.22. The van der Waals surface area contributed by atoms with E-state index in [4.69, 9.17) is 4.74 Å². The largest absolute Gasteiger partial charge is 0.466 e. The molecule has 370 valence electrons. The summed E-state index contributed by atoms with van der Waals surface area (Å²) >= 11 is 0. The topological polar surface area (TPSA) is 95.9 Å². The van der Waals surface area contributed by atoms with Gasteiger partial charge in [-0.05, 0) is 25.7 Å². The summed E-state index contributed by atoms with van der Waals surface area (Å²) in [4.78, 5) is 24.5. The quantitative estimate of drug-likeness (QED) is 0.0418. The van der Waals surface area contributed by atoms with Crippen molar-refractivity contribution in [2.24, 2.45) is 0 Å². The molecule has 0 aromatic carbocycles. The molecular formula is C56H111NO5. The molecule has 0 saturated heterocycles. The lowest BCUT2D eigenvalue weighted by Crippen LogP contribution is -2.45. The third kappa shape index (κ3) is 48.3. The molecule has 2 unspecified atom stereocenters. The standard InChI is InChI=1S/C56H111NO5/c1-3-5-7-9-11-13-15-17-19-20-21-22-23-24-28-32-36-40-44-48-54(59)53(52-58)57-55(60)49-45-41-37-33-29-26-27-31-35-39-43-47-51-62-56(61)50-46-42-38-34-30-25-18-16-14-12-10-8-6-4-2/h53-54,58-59H,3-52H2,1-2H3,(H,57,60). The van der Waals surface area contributed by atoms with Gasteiger partial charge in [0.05, 0.1) is 25.4 Å². The molecule has 6 nitrogen and oxygen atoms in total. The highest BCUT2D eigenvalue weighted by Crippen LogP contribution is 2.18. The first kappa shape index (κ1) is 60.9. The minimum absolute atomic E-state index is 0.00573. The highest BCUT2D eigenvalue weighted by Gasteiger charge is 2.20. The van der Waals surface area contributed by atoms with Crippen LogP contribution in [0.1, 0.15) is 322 Å². The Morgan fingerprint density at radius 3 is 0.984 bits per heavy atom. The number of nitrogens with one attached hydrogen (secondary N) is 1. The van der Waals surface area contributed by atoms with Crippen molar-refractivity contribution in [3.05, 3.63) is 0 Å². The van der Waals surface area contributed by atoms with Crippen molar-refractivity contribution in [3.8, 4) is 0 Å². The average molecular weight is 879 g/mol. The number of aliphatic hydroxyl groups is 2. The Bertz CT molecular complexity index is 882. The molecular weight excluding hydrogens is 767 g/mol. The van der Waals surface area contributed by atoms with E-state index in [9.17, 15) is 19.8 Å². The molecule has 0 heterocycles. The van der Waals surface area contributed by atoms with Crippen molar-refractivity contribution in [1.29, 1.82) is 0 Å². The molecule has 0 fully saturated rings. The van der Waals surface area contributed by atoms with Gasteiger partial charge in [-0.15, -0.1) is 0 Å². The normalized spacial score (nSPS) is 12.5. The highest BCUT2D eigenvalue weighted by molar-refractivity contribution is 5.76. The van der Waals surface area contributed by atoms with Crippen LogP contribution >= 0.6 is 0 Å². The van der Waals surface area contributed by atoms with Gasteiger partial charge in [-0.3, -0.25) is 9.59 Å². The number of carbonyl (C=O) groups is 2. The second kappa shape index (κ2) is 52.5. The monoisotopic (exact) mass is 878 g/mol. The molecule has 0 aromatic rings. The molecule has 0 aliphatic heterocycles. The van der Waals surface area contributed by atoms with Gasteiger partial charge in [0.2, 0.25) is 5.91 Å². The predicted octanol–water partition coefficient (Wildman–Crippen LogP) is 17.1. The molecule has 0 bridgehead atoms. The number of unbranched alkanes of at least 4 members (excludes halogenated alkanes) is 42. The van der Waals surface area contributed by atoms with Gasteiger partial charge in [0.1, 0.15) is 0 Å². The maximum absolute atomic E-state index is 12.5. The molecule has 0 aromatic heterocycles. The molecule has 2 atom stereocenters. The van der Waals surface area contributed by atoms with Crippen molar-refractivity contribution in [2.75, 3.05) is 13.2 Å². The Balaban J connectivity index is 3.44. The molecule has 62 heavy (non-hydrogen) atoms. The first-order chi connectivity index (χ1) is 30.5. The molecule has 3 N–H and O–H groups in total. The van der Waals surface area contributed by atoms with Crippen molar-refractivity contribution < 1.29 is 24.5 Å². The fraction of sp³-hybridized carbons (Fsp3) is 0.964. The van der Waals surface area contributed by atoms with Crippen LogP contribution in [0, 0.1) is 0 Å². The van der Waals surface area contributed by atoms with E-state index in [1.165, 1.54) is 231 Å². The summed E-state index contributed by atoms with van der Waals surface area (Å²) in [6.45, 7) is 4.95. The number of amides is 1. The van der Waals surface area contributed by atoms with E-state index in [0.717, 1.165) is 57.8 Å². The van der Waals surface area contributed by atoms with Crippen LogP contribution in [0.2, 0.25) is 0 Å².